The summed E-state index contributed by atoms with van der Waals surface area (Å²) < 4.78 is 0. The van der Waals surface area contributed by atoms with Crippen molar-refractivity contribution in [2.75, 3.05) is 55.6 Å². The molecule has 0 aromatic carbocycles. The number of amides is 2. The molecular weight excluding hydrogens is 344 g/mol. The monoisotopic (exact) mass is 372 g/mol. The van der Waals surface area contributed by atoms with Crippen LogP contribution < -0.4 is 15.1 Å². The molecule has 0 spiro atoms. The number of hydrogen-bond acceptors (Lipinski definition) is 6. The van der Waals surface area contributed by atoms with E-state index in [0.29, 0.717) is 32.5 Å². The normalized spacial score (nSPS) is 23.5. The second-order valence-corrected chi connectivity index (χ2v) is 7.71. The van der Waals surface area contributed by atoms with Crippen LogP contribution in [0.25, 0.3) is 0 Å². The Kier molecular flexibility index (Phi) is 5.13. The zero-order chi connectivity index (χ0) is 18.8. The highest BCUT2D eigenvalue weighted by Gasteiger charge is 2.31. The summed E-state index contributed by atoms with van der Waals surface area (Å²) in [6.07, 6.45) is 3.55. The van der Waals surface area contributed by atoms with Crippen LogP contribution in [0.15, 0.2) is 6.07 Å². The molecule has 0 saturated carbocycles. The van der Waals surface area contributed by atoms with Crippen LogP contribution in [-0.2, 0) is 9.59 Å². The van der Waals surface area contributed by atoms with Gasteiger partial charge in [0.15, 0.2) is 0 Å². The maximum absolute atomic E-state index is 12.7. The standard InChI is InChI=1S/C19H28N6O2/c1-14-12-16(23-6-2-3-7-23)22-19(21-14)25-10-8-24(9-11-25)18(27)15-4-5-17(26)20-13-15/h12,15H,2-11,13H2,1H3,(H,20,26). The molecule has 2 amide bonds. The molecule has 1 N–H and O–H groups in total. The lowest BCUT2D eigenvalue weighted by atomic mass is 9.97. The van der Waals surface area contributed by atoms with Crippen LogP contribution in [0.4, 0.5) is 11.8 Å². The maximum atomic E-state index is 12.7. The van der Waals surface area contributed by atoms with Crippen LogP contribution in [0.3, 0.4) is 0 Å². The highest BCUT2D eigenvalue weighted by molar-refractivity contribution is 5.84. The van der Waals surface area contributed by atoms with Gasteiger partial charge in [-0.3, -0.25) is 9.59 Å². The Hall–Kier alpha value is -2.38. The van der Waals surface area contributed by atoms with E-state index in [4.69, 9.17) is 4.98 Å². The number of piperazine rings is 1. The Bertz CT molecular complexity index is 700. The van der Waals surface area contributed by atoms with E-state index < -0.39 is 0 Å². The van der Waals surface area contributed by atoms with E-state index in [-0.39, 0.29) is 17.7 Å². The summed E-state index contributed by atoms with van der Waals surface area (Å²) in [4.78, 5) is 39.9. The number of carbonyl (C=O) groups excluding carboxylic acids is 2. The molecule has 3 aliphatic rings. The number of carbonyl (C=O) groups is 2. The predicted octanol–water partition coefficient (Wildman–Crippen LogP) is 0.560. The first kappa shape index (κ1) is 18.0. The highest BCUT2D eigenvalue weighted by atomic mass is 16.2. The van der Waals surface area contributed by atoms with Gasteiger partial charge in [0.25, 0.3) is 0 Å². The fraction of sp³-hybridized carbons (Fsp3) is 0.684. The number of aromatic nitrogens is 2. The predicted molar refractivity (Wildman–Crippen MR) is 103 cm³/mol. The quantitative estimate of drug-likeness (QED) is 0.835. The first-order valence-electron chi connectivity index (χ1n) is 10.0. The van der Waals surface area contributed by atoms with Crippen LogP contribution in [0.1, 0.15) is 31.4 Å². The van der Waals surface area contributed by atoms with Crippen molar-refractivity contribution in [3.8, 4) is 0 Å². The van der Waals surface area contributed by atoms with Gasteiger partial charge in [0.1, 0.15) is 5.82 Å². The summed E-state index contributed by atoms with van der Waals surface area (Å²) in [6, 6.07) is 2.06. The molecule has 3 aliphatic heterocycles. The molecule has 1 unspecified atom stereocenters. The Balaban J connectivity index is 1.37. The molecule has 3 fully saturated rings. The summed E-state index contributed by atoms with van der Waals surface area (Å²) in [5.41, 5.74) is 0.985. The first-order chi connectivity index (χ1) is 13.1. The number of nitrogens with zero attached hydrogens (tertiary/aromatic N) is 5. The molecule has 1 aromatic heterocycles. The molecule has 146 valence electrons. The number of hydrogen-bond donors (Lipinski definition) is 1. The van der Waals surface area contributed by atoms with E-state index in [9.17, 15) is 9.59 Å². The zero-order valence-corrected chi connectivity index (χ0v) is 16.0. The van der Waals surface area contributed by atoms with Gasteiger partial charge >= 0.3 is 0 Å². The van der Waals surface area contributed by atoms with Gasteiger partial charge in [-0.25, -0.2) is 4.98 Å². The number of aryl methyl sites for hydroxylation is 1. The molecule has 27 heavy (non-hydrogen) atoms. The largest absolute Gasteiger partial charge is 0.356 e. The Morgan fingerprint density at radius 1 is 1.07 bits per heavy atom. The van der Waals surface area contributed by atoms with Crippen molar-refractivity contribution in [1.29, 1.82) is 0 Å². The van der Waals surface area contributed by atoms with Crippen molar-refractivity contribution in [3.63, 3.8) is 0 Å². The van der Waals surface area contributed by atoms with Crippen LogP contribution >= 0.6 is 0 Å². The van der Waals surface area contributed by atoms with Gasteiger partial charge in [0, 0.05) is 64.0 Å². The Morgan fingerprint density at radius 3 is 2.48 bits per heavy atom. The van der Waals surface area contributed by atoms with Crippen molar-refractivity contribution in [3.05, 3.63) is 11.8 Å². The molecule has 3 saturated heterocycles. The number of piperidine rings is 1. The van der Waals surface area contributed by atoms with Crippen molar-refractivity contribution >= 4 is 23.6 Å². The second-order valence-electron chi connectivity index (χ2n) is 7.71. The van der Waals surface area contributed by atoms with E-state index >= 15 is 0 Å². The molecule has 0 bridgehead atoms. The third-order valence-corrected chi connectivity index (χ3v) is 5.75. The number of nitrogens with one attached hydrogen (secondary N) is 1. The molecule has 4 heterocycles. The van der Waals surface area contributed by atoms with Crippen LogP contribution in [0.2, 0.25) is 0 Å². The van der Waals surface area contributed by atoms with Gasteiger partial charge in [-0.15, -0.1) is 0 Å². The first-order valence-corrected chi connectivity index (χ1v) is 10.0. The lowest BCUT2D eigenvalue weighted by molar-refractivity contribution is -0.137. The third-order valence-electron chi connectivity index (χ3n) is 5.75. The summed E-state index contributed by atoms with van der Waals surface area (Å²) in [5.74, 6) is 1.93. The fourth-order valence-electron chi connectivity index (χ4n) is 4.11. The minimum Gasteiger partial charge on any atom is -0.356 e. The lowest BCUT2D eigenvalue weighted by Crippen LogP contribution is -2.53. The lowest BCUT2D eigenvalue weighted by Gasteiger charge is -2.37. The van der Waals surface area contributed by atoms with Gasteiger partial charge in [-0.2, -0.15) is 4.98 Å². The molecule has 1 atom stereocenters. The summed E-state index contributed by atoms with van der Waals surface area (Å²) in [6.45, 7) is 7.47. The van der Waals surface area contributed by atoms with Crippen LogP contribution in [0.5, 0.6) is 0 Å². The van der Waals surface area contributed by atoms with E-state index in [2.05, 4.69) is 26.2 Å². The van der Waals surface area contributed by atoms with Crippen molar-refractivity contribution < 1.29 is 9.59 Å². The van der Waals surface area contributed by atoms with Crippen molar-refractivity contribution in [2.24, 2.45) is 5.92 Å². The Morgan fingerprint density at radius 2 is 1.81 bits per heavy atom. The fourth-order valence-corrected chi connectivity index (χ4v) is 4.11. The SMILES string of the molecule is Cc1cc(N2CCCC2)nc(N2CCN(C(=O)C3CCC(=O)NC3)CC2)n1. The maximum Gasteiger partial charge on any atom is 0.227 e. The molecule has 0 aliphatic carbocycles. The van der Waals surface area contributed by atoms with Gasteiger partial charge in [-0.1, -0.05) is 0 Å². The van der Waals surface area contributed by atoms with E-state index in [1.807, 2.05) is 11.8 Å². The van der Waals surface area contributed by atoms with Gasteiger partial charge < -0.3 is 20.0 Å². The van der Waals surface area contributed by atoms with E-state index in [0.717, 1.165) is 43.6 Å². The third kappa shape index (κ3) is 3.99. The molecule has 4 rings (SSSR count). The van der Waals surface area contributed by atoms with Gasteiger partial charge in [-0.05, 0) is 26.2 Å². The molecule has 1 aromatic rings. The van der Waals surface area contributed by atoms with Crippen molar-refractivity contribution in [1.82, 2.24) is 20.2 Å². The minimum absolute atomic E-state index is 0.0503. The smallest absolute Gasteiger partial charge is 0.227 e. The van der Waals surface area contributed by atoms with E-state index in [1.54, 1.807) is 0 Å². The van der Waals surface area contributed by atoms with Gasteiger partial charge in [0.05, 0.1) is 5.92 Å². The summed E-state index contributed by atoms with van der Waals surface area (Å²) in [5, 5.41) is 2.80. The van der Waals surface area contributed by atoms with Crippen molar-refractivity contribution in [2.45, 2.75) is 32.6 Å². The average molecular weight is 372 g/mol. The minimum atomic E-state index is -0.0776. The summed E-state index contributed by atoms with van der Waals surface area (Å²) >= 11 is 0. The van der Waals surface area contributed by atoms with Crippen LogP contribution in [0, 0.1) is 12.8 Å². The highest BCUT2D eigenvalue weighted by Crippen LogP contribution is 2.23. The number of anilines is 2. The summed E-state index contributed by atoms with van der Waals surface area (Å²) in [7, 11) is 0. The van der Waals surface area contributed by atoms with Gasteiger partial charge in [0.2, 0.25) is 17.8 Å². The molecule has 8 heteroatoms. The zero-order valence-electron chi connectivity index (χ0n) is 16.0. The van der Waals surface area contributed by atoms with Crippen LogP contribution in [-0.4, -0.2) is 72.5 Å². The topological polar surface area (TPSA) is 81.7 Å². The molecule has 8 nitrogen and oxygen atoms in total. The van der Waals surface area contributed by atoms with E-state index in [1.165, 1.54) is 12.8 Å². The average Bonchev–Trinajstić information content (AvgIpc) is 3.23. The Labute approximate surface area is 159 Å². The number of rotatable bonds is 3. The second kappa shape index (κ2) is 7.70. The molecular formula is C19H28N6O2. The molecule has 0 radical (unpaired) electrons.